The van der Waals surface area contributed by atoms with Crippen molar-refractivity contribution in [3.05, 3.63) is 107 Å². The van der Waals surface area contributed by atoms with E-state index >= 15 is 0 Å². The van der Waals surface area contributed by atoms with Crippen LogP contribution >= 0.6 is 0 Å². The molecule has 4 aromatic heterocycles. The monoisotopic (exact) mass is 570 g/mol. The molecule has 0 aliphatic heterocycles. The zero-order chi connectivity index (χ0) is 30.4. The summed E-state index contributed by atoms with van der Waals surface area (Å²) in [6.45, 7) is 7.37. The van der Waals surface area contributed by atoms with E-state index < -0.39 is 44.5 Å². The van der Waals surface area contributed by atoms with Gasteiger partial charge in [0.15, 0.2) is 0 Å². The zero-order valence-electron chi connectivity index (χ0n) is 23.3. The highest BCUT2D eigenvalue weighted by atomic mass is 16.2. The second kappa shape index (κ2) is 9.26. The first-order valence-electron chi connectivity index (χ1n) is 13.9. The molecular formula is C30H26N4O8. The van der Waals surface area contributed by atoms with Crippen molar-refractivity contribution in [3.63, 3.8) is 0 Å². The molecule has 0 saturated heterocycles. The van der Waals surface area contributed by atoms with E-state index in [4.69, 9.17) is 0 Å². The fourth-order valence-corrected chi connectivity index (χ4v) is 6.29. The average molecular weight is 571 g/mol. The minimum absolute atomic E-state index is 0.0357. The third-order valence-electron chi connectivity index (χ3n) is 8.62. The van der Waals surface area contributed by atoms with E-state index in [9.17, 15) is 38.4 Å². The molecule has 0 saturated carbocycles. The summed E-state index contributed by atoms with van der Waals surface area (Å²) >= 11 is 0. The summed E-state index contributed by atoms with van der Waals surface area (Å²) in [5.74, 6) is 0. The highest BCUT2D eigenvalue weighted by molar-refractivity contribution is 5.99. The number of hydrogen-bond donors (Lipinski definition) is 0. The molecule has 0 bridgehead atoms. The van der Waals surface area contributed by atoms with Crippen LogP contribution < -0.4 is 44.5 Å². The fourth-order valence-electron chi connectivity index (χ4n) is 6.29. The maximum Gasteiger partial charge on any atom is 0.281 e. The van der Waals surface area contributed by atoms with Crippen LogP contribution in [0.5, 0.6) is 0 Å². The maximum absolute atomic E-state index is 13.5. The number of hydrogen-bond acceptors (Lipinski definition) is 8. The van der Waals surface area contributed by atoms with Gasteiger partial charge in [-0.1, -0.05) is 27.7 Å². The standard InChI is InChI=1S/C30H26N4O8/c1-5-13(6-2)31-23(35)15-9-19-20(10-16(15)24(31)36)28(40)33(27(19)39)34-29(41)21-11-17-18(12-22(21)30(34)42)26(38)32(25(17)37)14(7-3)8-4/h9-14H,5-8H2,1-4H3. The maximum atomic E-state index is 13.5. The summed E-state index contributed by atoms with van der Waals surface area (Å²) in [5.41, 5.74) is -6.42. The van der Waals surface area contributed by atoms with Gasteiger partial charge in [-0.15, -0.1) is 0 Å². The molecule has 0 N–H and O–H groups in total. The second-order valence-electron chi connectivity index (χ2n) is 10.6. The Bertz CT molecular complexity index is 2200. The van der Waals surface area contributed by atoms with Crippen molar-refractivity contribution in [1.29, 1.82) is 0 Å². The predicted octanol–water partition coefficient (Wildman–Crippen LogP) is 1.17. The number of fused-ring (bicyclic) bond motifs is 4. The topological polar surface area (TPSA) is 156 Å². The third kappa shape index (κ3) is 3.28. The molecule has 0 aliphatic rings. The van der Waals surface area contributed by atoms with Crippen molar-refractivity contribution in [2.75, 3.05) is 0 Å². The quantitative estimate of drug-likeness (QED) is 0.277. The molecule has 4 heterocycles. The Kier molecular flexibility index (Phi) is 6.00. The van der Waals surface area contributed by atoms with Crippen LogP contribution in [-0.2, 0) is 0 Å². The van der Waals surface area contributed by atoms with Crippen LogP contribution in [0.25, 0.3) is 43.1 Å². The molecule has 0 fully saturated rings. The highest BCUT2D eigenvalue weighted by Crippen LogP contribution is 2.20. The van der Waals surface area contributed by atoms with E-state index in [1.54, 1.807) is 0 Å². The van der Waals surface area contributed by atoms with E-state index in [0.717, 1.165) is 33.4 Å². The summed E-state index contributed by atoms with van der Waals surface area (Å²) in [7, 11) is 0. The fraction of sp³-hybridized carbons (Fsp3) is 0.333. The van der Waals surface area contributed by atoms with Crippen molar-refractivity contribution >= 4 is 43.1 Å². The summed E-state index contributed by atoms with van der Waals surface area (Å²) in [4.78, 5) is 106. The van der Waals surface area contributed by atoms with E-state index in [1.165, 1.54) is 0 Å². The molecule has 12 nitrogen and oxygen atoms in total. The Labute approximate surface area is 234 Å². The zero-order valence-corrected chi connectivity index (χ0v) is 23.3. The Morgan fingerprint density at radius 3 is 0.762 bits per heavy atom. The largest absolute Gasteiger partial charge is 0.281 e. The van der Waals surface area contributed by atoms with Gasteiger partial charge in [-0.25, -0.2) is 0 Å². The van der Waals surface area contributed by atoms with Gasteiger partial charge in [-0.3, -0.25) is 47.5 Å². The van der Waals surface area contributed by atoms with Crippen molar-refractivity contribution in [2.45, 2.75) is 65.5 Å². The van der Waals surface area contributed by atoms with Gasteiger partial charge in [0.25, 0.3) is 44.5 Å². The van der Waals surface area contributed by atoms with Gasteiger partial charge in [-0.2, -0.15) is 9.35 Å². The van der Waals surface area contributed by atoms with Gasteiger partial charge >= 0.3 is 0 Å². The van der Waals surface area contributed by atoms with Gasteiger partial charge in [-0.05, 0) is 49.9 Å². The van der Waals surface area contributed by atoms with Gasteiger partial charge in [0.1, 0.15) is 0 Å². The van der Waals surface area contributed by atoms with Crippen LogP contribution in [-0.4, -0.2) is 18.5 Å². The first kappa shape index (κ1) is 27.2. The molecule has 0 amide bonds. The number of benzene rings is 2. The summed E-state index contributed by atoms with van der Waals surface area (Å²) in [5, 5.41) is -1.04. The van der Waals surface area contributed by atoms with Gasteiger partial charge in [0.05, 0.1) is 43.1 Å². The first-order valence-corrected chi connectivity index (χ1v) is 13.9. The van der Waals surface area contributed by atoms with E-state index in [2.05, 4.69) is 0 Å². The highest BCUT2D eigenvalue weighted by Gasteiger charge is 2.26. The van der Waals surface area contributed by atoms with Crippen LogP contribution in [0, 0.1) is 0 Å². The molecule has 12 heteroatoms. The van der Waals surface area contributed by atoms with Crippen LogP contribution in [0.2, 0.25) is 0 Å². The molecule has 6 rings (SSSR count). The van der Waals surface area contributed by atoms with Crippen LogP contribution in [0.3, 0.4) is 0 Å². The van der Waals surface area contributed by atoms with Gasteiger partial charge in [0.2, 0.25) is 0 Å². The Morgan fingerprint density at radius 1 is 0.381 bits per heavy atom. The molecule has 214 valence electrons. The molecule has 0 spiro atoms. The summed E-state index contributed by atoms with van der Waals surface area (Å²) in [6, 6.07) is 3.92. The van der Waals surface area contributed by atoms with Crippen LogP contribution in [0.15, 0.2) is 62.6 Å². The smallest absolute Gasteiger partial charge is 0.271 e. The molecular weight excluding hydrogens is 544 g/mol. The van der Waals surface area contributed by atoms with Gasteiger partial charge < -0.3 is 0 Å². The lowest BCUT2D eigenvalue weighted by Crippen LogP contribution is -2.42. The van der Waals surface area contributed by atoms with Crippen molar-refractivity contribution in [1.82, 2.24) is 18.5 Å². The molecule has 0 radical (unpaired) electrons. The molecule has 0 atom stereocenters. The second-order valence-corrected chi connectivity index (χ2v) is 10.6. The molecule has 0 unspecified atom stereocenters. The van der Waals surface area contributed by atoms with E-state index in [-0.39, 0.29) is 55.2 Å². The number of rotatable bonds is 7. The molecule has 6 aromatic rings. The Morgan fingerprint density at radius 2 is 0.571 bits per heavy atom. The predicted molar refractivity (Wildman–Crippen MR) is 160 cm³/mol. The Hall–Kier alpha value is -5.00. The van der Waals surface area contributed by atoms with E-state index in [1.807, 2.05) is 27.7 Å². The summed E-state index contributed by atoms with van der Waals surface area (Å²) in [6.07, 6.45) is 2.13. The van der Waals surface area contributed by atoms with Crippen molar-refractivity contribution < 1.29 is 0 Å². The minimum atomic E-state index is -1.02. The van der Waals surface area contributed by atoms with Crippen molar-refractivity contribution in [2.24, 2.45) is 0 Å². The SMILES string of the molecule is CCC(CC)n1c(=O)c2cc3c(=O)n(-n4c(=O)c5cc6c(=O)n(C(CC)CC)c(=O)c6cc5c4=O)c(=O)c3cc2c1=O. The minimum Gasteiger partial charge on any atom is -0.271 e. The van der Waals surface area contributed by atoms with Crippen molar-refractivity contribution in [3.8, 4) is 0 Å². The van der Waals surface area contributed by atoms with Gasteiger partial charge in [0, 0.05) is 12.1 Å². The average Bonchev–Trinajstić information content (AvgIpc) is 3.57. The molecule has 0 aliphatic carbocycles. The lowest BCUT2D eigenvalue weighted by atomic mass is 10.1. The lowest BCUT2D eigenvalue weighted by molar-refractivity contribution is 0.455. The molecule has 42 heavy (non-hydrogen) atoms. The summed E-state index contributed by atoms with van der Waals surface area (Å²) < 4.78 is 3.01. The third-order valence-corrected chi connectivity index (χ3v) is 8.62. The number of aromatic nitrogens is 4. The number of nitrogens with zero attached hydrogens (tertiary/aromatic N) is 4. The normalized spacial score (nSPS) is 12.4. The molecule has 2 aromatic carbocycles. The van der Waals surface area contributed by atoms with Crippen LogP contribution in [0.4, 0.5) is 0 Å². The van der Waals surface area contributed by atoms with Crippen LogP contribution in [0.1, 0.15) is 65.5 Å². The first-order chi connectivity index (χ1) is 20.0. The van der Waals surface area contributed by atoms with E-state index in [0.29, 0.717) is 35.0 Å². The Balaban J connectivity index is 1.65. The lowest BCUT2D eigenvalue weighted by Gasteiger charge is -2.11.